The Hall–Kier alpha value is -2.67. The molecule has 2 aromatic carbocycles. The van der Waals surface area contributed by atoms with Gasteiger partial charge in [-0.15, -0.1) is 0 Å². The standard InChI is InChI=1S/C19H20BrN3O3/c1-2-26-19(25)22-17(15-8-4-3-5-9-15)12-18(24)23-21-13-14-7-6-10-16(20)11-14/h3-11,13,17H,2,12H2,1H3,(H,22,25)(H,23,24)/b21-13-/t17-/m1/s1. The largest absolute Gasteiger partial charge is 0.450 e. The molecular weight excluding hydrogens is 398 g/mol. The number of alkyl carbamates (subject to hydrolysis) is 1. The SMILES string of the molecule is CCOC(=O)N[C@H](CC(=O)N/N=C\c1cccc(Br)c1)c1ccccc1. The monoisotopic (exact) mass is 417 g/mol. The molecule has 0 fully saturated rings. The number of benzene rings is 2. The lowest BCUT2D eigenvalue weighted by Gasteiger charge is -2.18. The Morgan fingerprint density at radius 3 is 2.65 bits per heavy atom. The molecule has 1 atom stereocenters. The van der Waals surface area contributed by atoms with Gasteiger partial charge in [-0.2, -0.15) is 5.10 Å². The van der Waals surface area contributed by atoms with E-state index >= 15 is 0 Å². The summed E-state index contributed by atoms with van der Waals surface area (Å²) in [6, 6.07) is 16.3. The molecule has 0 saturated heterocycles. The van der Waals surface area contributed by atoms with Crippen LogP contribution in [0.2, 0.25) is 0 Å². The Morgan fingerprint density at radius 1 is 1.19 bits per heavy atom. The lowest BCUT2D eigenvalue weighted by Crippen LogP contribution is -2.33. The Bertz CT molecular complexity index is 766. The summed E-state index contributed by atoms with van der Waals surface area (Å²) >= 11 is 3.38. The highest BCUT2D eigenvalue weighted by Crippen LogP contribution is 2.16. The first-order valence-electron chi connectivity index (χ1n) is 8.14. The van der Waals surface area contributed by atoms with Crippen molar-refractivity contribution in [1.82, 2.24) is 10.7 Å². The minimum atomic E-state index is -0.563. The Labute approximate surface area is 160 Å². The van der Waals surface area contributed by atoms with Gasteiger partial charge in [-0.1, -0.05) is 58.4 Å². The fraction of sp³-hybridized carbons (Fsp3) is 0.211. The Morgan fingerprint density at radius 2 is 1.96 bits per heavy atom. The normalized spacial score (nSPS) is 11.8. The molecule has 0 bridgehead atoms. The molecule has 7 heteroatoms. The molecule has 0 aliphatic carbocycles. The van der Waals surface area contributed by atoms with E-state index in [1.165, 1.54) is 0 Å². The summed E-state index contributed by atoms with van der Waals surface area (Å²) < 4.78 is 5.84. The zero-order valence-corrected chi connectivity index (χ0v) is 15.9. The molecule has 6 nitrogen and oxygen atoms in total. The molecule has 0 aliphatic rings. The number of carbonyl (C=O) groups excluding carboxylic acids is 2. The Balaban J connectivity index is 1.98. The molecule has 0 radical (unpaired) electrons. The maximum absolute atomic E-state index is 12.2. The summed E-state index contributed by atoms with van der Waals surface area (Å²) in [5, 5.41) is 6.66. The van der Waals surface area contributed by atoms with Gasteiger partial charge in [0, 0.05) is 4.47 Å². The van der Waals surface area contributed by atoms with Crippen molar-refractivity contribution in [2.75, 3.05) is 6.61 Å². The van der Waals surface area contributed by atoms with Gasteiger partial charge >= 0.3 is 6.09 Å². The predicted octanol–water partition coefficient (Wildman–Crippen LogP) is 3.78. The summed E-state index contributed by atoms with van der Waals surface area (Å²) in [7, 11) is 0. The van der Waals surface area contributed by atoms with Crippen LogP contribution >= 0.6 is 15.9 Å². The molecule has 0 unspecified atom stereocenters. The van der Waals surface area contributed by atoms with E-state index in [1.807, 2.05) is 54.6 Å². The van der Waals surface area contributed by atoms with Crippen molar-refractivity contribution in [2.24, 2.45) is 5.10 Å². The first-order chi connectivity index (χ1) is 12.6. The molecule has 2 N–H and O–H groups in total. The molecular formula is C19H20BrN3O3. The van der Waals surface area contributed by atoms with Crippen LogP contribution in [-0.4, -0.2) is 24.8 Å². The number of hydrazone groups is 1. The minimum absolute atomic E-state index is 0.0403. The summed E-state index contributed by atoms with van der Waals surface area (Å²) in [5.41, 5.74) is 4.14. The zero-order chi connectivity index (χ0) is 18.8. The predicted molar refractivity (Wildman–Crippen MR) is 104 cm³/mol. The summed E-state index contributed by atoms with van der Waals surface area (Å²) in [5.74, 6) is -0.318. The first kappa shape index (κ1) is 19.7. The second-order valence-electron chi connectivity index (χ2n) is 5.38. The molecule has 2 rings (SSSR count). The fourth-order valence-corrected chi connectivity index (χ4v) is 2.67. The van der Waals surface area contributed by atoms with Gasteiger partial charge in [-0.25, -0.2) is 10.2 Å². The highest BCUT2D eigenvalue weighted by Gasteiger charge is 2.18. The van der Waals surface area contributed by atoms with E-state index in [9.17, 15) is 9.59 Å². The lowest BCUT2D eigenvalue weighted by atomic mass is 10.0. The van der Waals surface area contributed by atoms with E-state index < -0.39 is 12.1 Å². The zero-order valence-electron chi connectivity index (χ0n) is 14.3. The average Bonchev–Trinajstić information content (AvgIpc) is 2.62. The smallest absolute Gasteiger partial charge is 0.407 e. The van der Waals surface area contributed by atoms with Crippen LogP contribution < -0.4 is 10.7 Å². The van der Waals surface area contributed by atoms with Gasteiger partial charge in [-0.3, -0.25) is 4.79 Å². The van der Waals surface area contributed by atoms with Crippen LogP contribution in [0.3, 0.4) is 0 Å². The number of nitrogens with zero attached hydrogens (tertiary/aromatic N) is 1. The number of amides is 2. The van der Waals surface area contributed by atoms with Crippen molar-refractivity contribution in [3.8, 4) is 0 Å². The van der Waals surface area contributed by atoms with Crippen molar-refractivity contribution in [2.45, 2.75) is 19.4 Å². The van der Waals surface area contributed by atoms with Gasteiger partial charge in [0.1, 0.15) is 0 Å². The van der Waals surface area contributed by atoms with Gasteiger partial charge < -0.3 is 10.1 Å². The van der Waals surface area contributed by atoms with Crippen LogP contribution in [0.25, 0.3) is 0 Å². The van der Waals surface area contributed by atoms with E-state index in [0.717, 1.165) is 15.6 Å². The van der Waals surface area contributed by atoms with Crippen LogP contribution in [-0.2, 0) is 9.53 Å². The van der Waals surface area contributed by atoms with Crippen LogP contribution in [0.5, 0.6) is 0 Å². The van der Waals surface area contributed by atoms with Gasteiger partial charge in [0.15, 0.2) is 0 Å². The molecule has 26 heavy (non-hydrogen) atoms. The molecule has 0 saturated carbocycles. The summed E-state index contributed by atoms with van der Waals surface area (Å²) in [6.07, 6.45) is 1.03. The van der Waals surface area contributed by atoms with Crippen molar-refractivity contribution in [3.63, 3.8) is 0 Å². The maximum Gasteiger partial charge on any atom is 0.407 e. The van der Waals surface area contributed by atoms with Gasteiger partial charge in [0.25, 0.3) is 0 Å². The first-order valence-corrected chi connectivity index (χ1v) is 8.93. The summed E-state index contributed by atoms with van der Waals surface area (Å²) in [4.78, 5) is 23.9. The molecule has 0 aliphatic heterocycles. The third-order valence-corrected chi connectivity index (χ3v) is 3.90. The number of carbonyl (C=O) groups is 2. The topological polar surface area (TPSA) is 79.8 Å². The van der Waals surface area contributed by atoms with Crippen LogP contribution in [0, 0.1) is 0 Å². The van der Waals surface area contributed by atoms with Crippen LogP contribution in [0.1, 0.15) is 30.5 Å². The van der Waals surface area contributed by atoms with Gasteiger partial charge in [-0.05, 0) is 30.2 Å². The average molecular weight is 418 g/mol. The third-order valence-electron chi connectivity index (χ3n) is 3.41. The quantitative estimate of drug-likeness (QED) is 0.531. The number of rotatable bonds is 7. The van der Waals surface area contributed by atoms with Gasteiger partial charge in [0.05, 0.1) is 25.3 Å². The minimum Gasteiger partial charge on any atom is -0.450 e. The second kappa shape index (κ2) is 10.4. The number of nitrogens with one attached hydrogen (secondary N) is 2. The van der Waals surface area contributed by atoms with Gasteiger partial charge in [0.2, 0.25) is 5.91 Å². The van der Waals surface area contributed by atoms with Crippen molar-refractivity contribution < 1.29 is 14.3 Å². The molecule has 2 amide bonds. The number of halogens is 1. The fourth-order valence-electron chi connectivity index (χ4n) is 2.25. The van der Waals surface area contributed by atoms with E-state index in [1.54, 1.807) is 13.1 Å². The van der Waals surface area contributed by atoms with Crippen molar-refractivity contribution in [1.29, 1.82) is 0 Å². The van der Waals surface area contributed by atoms with E-state index in [-0.39, 0.29) is 18.9 Å². The third kappa shape index (κ3) is 6.68. The van der Waals surface area contributed by atoms with E-state index in [0.29, 0.717) is 0 Å². The lowest BCUT2D eigenvalue weighted by molar-refractivity contribution is -0.121. The molecule has 136 valence electrons. The van der Waals surface area contributed by atoms with Crippen molar-refractivity contribution >= 4 is 34.1 Å². The summed E-state index contributed by atoms with van der Waals surface area (Å²) in [6.45, 7) is 1.98. The molecule has 0 spiro atoms. The van der Waals surface area contributed by atoms with Crippen molar-refractivity contribution in [3.05, 3.63) is 70.2 Å². The highest BCUT2D eigenvalue weighted by atomic mass is 79.9. The highest BCUT2D eigenvalue weighted by molar-refractivity contribution is 9.10. The van der Waals surface area contributed by atoms with Crippen LogP contribution in [0.4, 0.5) is 4.79 Å². The molecule has 0 heterocycles. The number of ether oxygens (including phenoxy) is 1. The van der Waals surface area contributed by atoms with Crippen LogP contribution in [0.15, 0.2) is 64.2 Å². The number of hydrogen-bond donors (Lipinski definition) is 2. The second-order valence-corrected chi connectivity index (χ2v) is 6.30. The number of hydrogen-bond acceptors (Lipinski definition) is 4. The maximum atomic E-state index is 12.2. The van der Waals surface area contributed by atoms with E-state index in [2.05, 4.69) is 31.8 Å². The Kier molecular flexibility index (Phi) is 7.82. The molecule has 0 aromatic heterocycles. The van der Waals surface area contributed by atoms with E-state index in [4.69, 9.17) is 4.74 Å². The molecule has 2 aromatic rings.